The second-order valence-electron chi connectivity index (χ2n) is 8.98. The number of ether oxygens (including phenoxy) is 1. The number of aromatic nitrogens is 1. The van der Waals surface area contributed by atoms with Crippen LogP contribution in [0.25, 0.3) is 11.3 Å². The number of hydrogen-bond acceptors (Lipinski definition) is 7. The lowest BCUT2D eigenvalue weighted by atomic mass is 10.1. The summed E-state index contributed by atoms with van der Waals surface area (Å²) in [5, 5.41) is 19.2. The molecular formula is C29H25N5O3S. The van der Waals surface area contributed by atoms with Gasteiger partial charge in [-0.3, -0.25) is 4.79 Å². The van der Waals surface area contributed by atoms with Crippen LogP contribution in [0.5, 0.6) is 5.06 Å². The van der Waals surface area contributed by atoms with Crippen molar-refractivity contribution in [3.63, 3.8) is 0 Å². The Kier molecular flexibility index (Phi) is 7.33. The summed E-state index contributed by atoms with van der Waals surface area (Å²) < 4.78 is 5.68. The van der Waals surface area contributed by atoms with Gasteiger partial charge in [0, 0.05) is 29.4 Å². The minimum absolute atomic E-state index is 0.109. The highest BCUT2D eigenvalue weighted by Gasteiger charge is 2.24. The van der Waals surface area contributed by atoms with Gasteiger partial charge in [0.1, 0.15) is 5.69 Å². The average Bonchev–Trinajstić information content (AvgIpc) is 3.67. The molecule has 38 heavy (non-hydrogen) atoms. The van der Waals surface area contributed by atoms with E-state index in [1.807, 2.05) is 49.4 Å². The first kappa shape index (κ1) is 25.0. The Morgan fingerprint density at radius 1 is 1.08 bits per heavy atom. The molecule has 0 unspecified atom stereocenters. The number of carbonyl (C=O) groups is 2. The number of nitrogens with zero attached hydrogens (tertiary/aromatic N) is 2. The first-order valence-electron chi connectivity index (χ1n) is 12.2. The molecule has 3 aromatic carbocycles. The molecule has 4 aromatic rings. The number of anilines is 2. The second-order valence-corrected chi connectivity index (χ2v) is 9.94. The van der Waals surface area contributed by atoms with E-state index in [2.05, 4.69) is 27.0 Å². The van der Waals surface area contributed by atoms with Gasteiger partial charge in [-0.1, -0.05) is 59.9 Å². The topological polar surface area (TPSA) is 116 Å². The monoisotopic (exact) mass is 523 g/mol. The van der Waals surface area contributed by atoms with Crippen LogP contribution in [-0.2, 0) is 6.54 Å². The van der Waals surface area contributed by atoms with Crippen molar-refractivity contribution in [3.05, 3.63) is 95.1 Å². The Labute approximate surface area is 224 Å². The van der Waals surface area contributed by atoms with Gasteiger partial charge in [0.25, 0.3) is 5.91 Å². The van der Waals surface area contributed by atoms with Gasteiger partial charge in [0.15, 0.2) is 5.13 Å². The highest BCUT2D eigenvalue weighted by Crippen LogP contribution is 2.40. The largest absolute Gasteiger partial charge is 0.413 e. The number of benzene rings is 3. The Hall–Kier alpha value is -4.68. The van der Waals surface area contributed by atoms with E-state index in [1.54, 1.807) is 30.3 Å². The van der Waals surface area contributed by atoms with Gasteiger partial charge in [-0.15, -0.1) is 0 Å². The third-order valence-electron chi connectivity index (χ3n) is 5.98. The Balaban J connectivity index is 1.40. The molecule has 0 radical (unpaired) electrons. The lowest BCUT2D eigenvalue weighted by Gasteiger charge is -2.10. The minimum Gasteiger partial charge on any atom is -0.397 e. The predicted octanol–water partition coefficient (Wildman–Crippen LogP) is 5.91. The number of aryl methyl sites for hydroxylation is 1. The quantitative estimate of drug-likeness (QED) is 0.264. The molecule has 1 saturated carbocycles. The molecule has 0 saturated heterocycles. The normalized spacial score (nSPS) is 12.3. The van der Waals surface area contributed by atoms with Crippen LogP contribution in [0.1, 0.15) is 39.9 Å². The molecule has 1 heterocycles. The van der Waals surface area contributed by atoms with E-state index in [-0.39, 0.29) is 17.0 Å². The summed E-state index contributed by atoms with van der Waals surface area (Å²) >= 11 is 1.17. The summed E-state index contributed by atoms with van der Waals surface area (Å²) in [4.78, 5) is 29.9. The van der Waals surface area contributed by atoms with Crippen LogP contribution >= 0.6 is 11.3 Å². The predicted molar refractivity (Wildman–Crippen MR) is 147 cm³/mol. The zero-order valence-corrected chi connectivity index (χ0v) is 21.5. The van der Waals surface area contributed by atoms with E-state index in [4.69, 9.17) is 4.74 Å². The maximum absolute atomic E-state index is 12.7. The van der Waals surface area contributed by atoms with Crippen molar-refractivity contribution in [1.29, 1.82) is 5.26 Å². The number of nitrogens with one attached hydrogen (secondary N) is 3. The van der Waals surface area contributed by atoms with Crippen LogP contribution in [0.15, 0.2) is 72.8 Å². The molecule has 0 bridgehead atoms. The summed E-state index contributed by atoms with van der Waals surface area (Å²) in [5.74, 6) is -0.109. The van der Waals surface area contributed by atoms with Crippen LogP contribution in [0.3, 0.4) is 0 Å². The van der Waals surface area contributed by atoms with E-state index in [9.17, 15) is 14.9 Å². The SMILES string of the molecule is Cc1ccc(C(=O)NC2CC2)cc1Nc1nc(-c2cccc(C#N)c2)c(OC(=O)NCc2ccccc2)s1. The summed E-state index contributed by atoms with van der Waals surface area (Å²) in [6.45, 7) is 2.25. The molecule has 1 aromatic heterocycles. The van der Waals surface area contributed by atoms with Crippen molar-refractivity contribution in [2.75, 3.05) is 5.32 Å². The van der Waals surface area contributed by atoms with E-state index >= 15 is 0 Å². The maximum atomic E-state index is 12.7. The van der Waals surface area contributed by atoms with Crippen LogP contribution in [0.4, 0.5) is 15.6 Å². The second kappa shape index (κ2) is 11.2. The van der Waals surface area contributed by atoms with Gasteiger partial charge in [-0.05, 0) is 55.2 Å². The summed E-state index contributed by atoms with van der Waals surface area (Å²) in [5.41, 5.74) is 4.70. The molecule has 5 rings (SSSR count). The molecule has 8 nitrogen and oxygen atoms in total. The zero-order chi connectivity index (χ0) is 26.5. The smallest absolute Gasteiger partial charge is 0.397 e. The molecule has 3 N–H and O–H groups in total. The average molecular weight is 524 g/mol. The van der Waals surface area contributed by atoms with E-state index in [1.165, 1.54) is 11.3 Å². The van der Waals surface area contributed by atoms with Crippen LogP contribution < -0.4 is 20.7 Å². The Morgan fingerprint density at radius 2 is 1.89 bits per heavy atom. The molecule has 2 amide bonds. The van der Waals surface area contributed by atoms with Gasteiger partial charge in [-0.25, -0.2) is 9.78 Å². The fourth-order valence-corrected chi connectivity index (χ4v) is 4.60. The number of nitriles is 1. The summed E-state index contributed by atoms with van der Waals surface area (Å²) in [6.07, 6.45) is 1.41. The molecule has 0 aliphatic heterocycles. The molecule has 0 atom stereocenters. The van der Waals surface area contributed by atoms with E-state index in [0.29, 0.717) is 34.1 Å². The number of thiazole rings is 1. The zero-order valence-electron chi connectivity index (χ0n) is 20.7. The van der Waals surface area contributed by atoms with Gasteiger partial charge >= 0.3 is 6.09 Å². The summed E-state index contributed by atoms with van der Waals surface area (Å²) in [7, 11) is 0. The minimum atomic E-state index is -0.614. The molecule has 1 aliphatic rings. The molecule has 1 fully saturated rings. The molecule has 9 heteroatoms. The fourth-order valence-electron chi connectivity index (χ4n) is 3.75. The maximum Gasteiger partial charge on any atom is 0.413 e. The van der Waals surface area contributed by atoms with Crippen molar-refractivity contribution in [1.82, 2.24) is 15.6 Å². The van der Waals surface area contributed by atoms with Crippen molar-refractivity contribution < 1.29 is 14.3 Å². The number of carbonyl (C=O) groups excluding carboxylic acids is 2. The number of hydrogen-bond donors (Lipinski definition) is 3. The highest BCUT2D eigenvalue weighted by atomic mass is 32.1. The lowest BCUT2D eigenvalue weighted by Crippen LogP contribution is -2.26. The van der Waals surface area contributed by atoms with Crippen molar-refractivity contribution in [2.45, 2.75) is 32.4 Å². The van der Waals surface area contributed by atoms with Crippen LogP contribution in [0, 0.1) is 18.3 Å². The number of rotatable bonds is 8. The Morgan fingerprint density at radius 3 is 2.66 bits per heavy atom. The first-order chi connectivity index (χ1) is 18.5. The van der Waals surface area contributed by atoms with Crippen molar-refractivity contribution in [3.8, 4) is 22.4 Å². The third-order valence-corrected chi connectivity index (χ3v) is 6.83. The van der Waals surface area contributed by atoms with Gasteiger partial charge in [-0.2, -0.15) is 5.26 Å². The molecule has 1 aliphatic carbocycles. The third kappa shape index (κ3) is 6.17. The summed E-state index contributed by atoms with van der Waals surface area (Å²) in [6, 6.07) is 24.3. The Bertz CT molecular complexity index is 1520. The number of amides is 2. The highest BCUT2D eigenvalue weighted by molar-refractivity contribution is 7.18. The molecule has 0 spiro atoms. The van der Waals surface area contributed by atoms with Crippen LogP contribution in [0.2, 0.25) is 0 Å². The first-order valence-corrected chi connectivity index (χ1v) is 13.0. The fraction of sp³-hybridized carbons (Fsp3) is 0.172. The van der Waals surface area contributed by atoms with Crippen molar-refractivity contribution in [2.24, 2.45) is 0 Å². The molecule has 190 valence electrons. The van der Waals surface area contributed by atoms with E-state index in [0.717, 1.165) is 29.7 Å². The van der Waals surface area contributed by atoms with Crippen LogP contribution in [-0.4, -0.2) is 23.0 Å². The van der Waals surface area contributed by atoms with E-state index < -0.39 is 6.09 Å². The van der Waals surface area contributed by atoms with Gasteiger partial charge in [0.05, 0.1) is 11.6 Å². The molecular weight excluding hydrogens is 498 g/mol. The van der Waals surface area contributed by atoms with Gasteiger partial charge < -0.3 is 20.7 Å². The lowest BCUT2D eigenvalue weighted by molar-refractivity contribution is 0.0951. The standard InChI is InChI=1S/C29H25N5O3S/c1-18-10-11-22(26(35)32-23-12-13-23)15-24(18)33-28-34-25(21-9-5-8-20(14-21)16-30)27(38-28)37-29(36)31-17-19-6-3-2-4-7-19/h2-11,14-15,23H,12-13,17H2,1H3,(H,31,36)(H,32,35)(H,33,34). The van der Waals surface area contributed by atoms with Gasteiger partial charge in [0.2, 0.25) is 5.06 Å². The van der Waals surface area contributed by atoms with Crippen molar-refractivity contribution >= 4 is 34.2 Å².